The molecule has 0 radical (unpaired) electrons. The van der Waals surface area contributed by atoms with Gasteiger partial charge in [0.1, 0.15) is 12.6 Å². The van der Waals surface area contributed by atoms with Gasteiger partial charge < -0.3 is 9.97 Å². The van der Waals surface area contributed by atoms with Crippen LogP contribution in [0.2, 0.25) is 0 Å². The van der Waals surface area contributed by atoms with Crippen molar-refractivity contribution in [1.82, 2.24) is 9.97 Å². The number of H-pyrrole nitrogens is 2. The van der Waals surface area contributed by atoms with Crippen molar-refractivity contribution in [2.24, 2.45) is 0 Å². The third-order valence-corrected chi connectivity index (χ3v) is 8.97. The van der Waals surface area contributed by atoms with Crippen molar-refractivity contribution >= 4 is 56.2 Å². The van der Waals surface area contributed by atoms with E-state index in [-0.39, 0.29) is 5.92 Å². The van der Waals surface area contributed by atoms with E-state index in [1.807, 2.05) is 30.3 Å². The maximum absolute atomic E-state index is 12.2. The molecule has 0 fully saturated rings. The molecule has 4 heteroatoms. The molecule has 2 heterocycles. The number of carbonyl (C=O) groups excluding carboxylic acids is 2. The predicted octanol–water partition coefficient (Wildman–Crippen LogP) is 10.4. The van der Waals surface area contributed by atoms with E-state index in [1.165, 1.54) is 50.5 Å². The van der Waals surface area contributed by atoms with Crippen molar-refractivity contribution in [3.63, 3.8) is 0 Å². The summed E-state index contributed by atoms with van der Waals surface area (Å²) in [6.07, 6.45) is 13.9. The van der Waals surface area contributed by atoms with Crippen molar-refractivity contribution in [2.75, 3.05) is 0 Å². The Bertz CT molecular complexity index is 1860. The minimum Gasteiger partial charge on any atom is -0.354 e. The second-order valence-electron chi connectivity index (χ2n) is 11.9. The van der Waals surface area contributed by atoms with Gasteiger partial charge in [-0.2, -0.15) is 0 Å². The van der Waals surface area contributed by atoms with Gasteiger partial charge in [0.05, 0.1) is 5.52 Å². The summed E-state index contributed by atoms with van der Waals surface area (Å²) in [6.45, 7) is 2.26. The molecule has 1 unspecified atom stereocenters. The number of aldehydes is 2. The van der Waals surface area contributed by atoms with Crippen molar-refractivity contribution in [3.8, 4) is 0 Å². The van der Waals surface area contributed by atoms with E-state index in [0.717, 1.165) is 81.0 Å². The zero-order chi connectivity index (χ0) is 28.9. The average Bonchev–Trinajstić information content (AvgIpc) is 3.60. The molecule has 0 spiro atoms. The number of unbranched alkanes of at least 4 members (excludes halogenated alkanes) is 7. The van der Waals surface area contributed by atoms with Crippen LogP contribution in [0.3, 0.4) is 0 Å². The quantitative estimate of drug-likeness (QED) is 0.103. The Morgan fingerprint density at radius 2 is 1.17 bits per heavy atom. The fourth-order valence-corrected chi connectivity index (χ4v) is 6.83. The highest BCUT2D eigenvalue weighted by atomic mass is 16.1. The van der Waals surface area contributed by atoms with Crippen LogP contribution >= 0.6 is 0 Å². The number of fused-ring (bicyclic) bond motifs is 6. The van der Waals surface area contributed by atoms with Crippen LogP contribution < -0.4 is 0 Å². The van der Waals surface area contributed by atoms with E-state index in [4.69, 9.17) is 0 Å². The first-order chi connectivity index (χ1) is 20.7. The molecular formula is C38H40N2O2. The van der Waals surface area contributed by atoms with E-state index in [2.05, 4.69) is 59.4 Å². The molecule has 2 aromatic heterocycles. The molecule has 214 valence electrons. The van der Waals surface area contributed by atoms with Gasteiger partial charge in [-0.15, -0.1) is 0 Å². The molecule has 0 bridgehead atoms. The largest absolute Gasteiger partial charge is 0.354 e. The number of aromatic nitrogens is 2. The number of nitrogens with one attached hydrogen (secondary N) is 2. The van der Waals surface area contributed by atoms with E-state index < -0.39 is 0 Å². The lowest BCUT2D eigenvalue weighted by Crippen LogP contribution is -2.07. The van der Waals surface area contributed by atoms with Gasteiger partial charge in [0, 0.05) is 49.2 Å². The van der Waals surface area contributed by atoms with E-state index >= 15 is 0 Å². The van der Waals surface area contributed by atoms with Crippen molar-refractivity contribution in [3.05, 3.63) is 95.1 Å². The van der Waals surface area contributed by atoms with Crippen molar-refractivity contribution in [1.29, 1.82) is 0 Å². The molecule has 6 aromatic rings. The summed E-state index contributed by atoms with van der Waals surface area (Å²) in [5.74, 6) is 0.192. The van der Waals surface area contributed by atoms with Crippen LogP contribution in [0, 0.1) is 0 Å². The summed E-state index contributed by atoms with van der Waals surface area (Å²) in [5, 5.41) is 4.47. The van der Waals surface area contributed by atoms with Gasteiger partial charge in [-0.3, -0.25) is 9.59 Å². The standard InChI is InChI=1S/C38H40N2O2/c1-2-3-4-5-6-7-8-9-14-28(32-20-27(25-42)22-34-31-16-11-13-18-36(31)40-38(32)34)23-29-19-26(24-41)21-33-30-15-10-12-17-35(30)39-37(29)33/h10-13,15-22,24-25,28,39-40H,2-9,14,23H2,1H3. The maximum Gasteiger partial charge on any atom is 0.150 e. The van der Waals surface area contributed by atoms with E-state index in [9.17, 15) is 9.59 Å². The molecule has 0 saturated heterocycles. The van der Waals surface area contributed by atoms with Gasteiger partial charge in [0.15, 0.2) is 0 Å². The Kier molecular flexibility index (Phi) is 8.50. The maximum atomic E-state index is 12.2. The first-order valence-corrected chi connectivity index (χ1v) is 15.7. The van der Waals surface area contributed by atoms with Crippen LogP contribution in [-0.4, -0.2) is 22.5 Å². The van der Waals surface area contributed by atoms with Gasteiger partial charge in [-0.05, 0) is 66.3 Å². The minimum absolute atomic E-state index is 0.192. The van der Waals surface area contributed by atoms with Crippen LogP contribution in [0.25, 0.3) is 43.6 Å². The second kappa shape index (κ2) is 12.8. The lowest BCUT2D eigenvalue weighted by Gasteiger charge is -2.20. The number of rotatable bonds is 14. The van der Waals surface area contributed by atoms with Crippen molar-refractivity contribution < 1.29 is 9.59 Å². The number of hydrogen-bond acceptors (Lipinski definition) is 2. The number of hydrogen-bond donors (Lipinski definition) is 2. The van der Waals surface area contributed by atoms with Gasteiger partial charge in [0.25, 0.3) is 0 Å². The van der Waals surface area contributed by atoms with Gasteiger partial charge >= 0.3 is 0 Å². The summed E-state index contributed by atoms with van der Waals surface area (Å²) in [5.41, 5.74) is 8.13. The summed E-state index contributed by atoms with van der Waals surface area (Å²) in [4.78, 5) is 31.6. The average molecular weight is 557 g/mol. The molecule has 4 nitrogen and oxygen atoms in total. The second-order valence-corrected chi connectivity index (χ2v) is 11.9. The number of carbonyl (C=O) groups is 2. The zero-order valence-corrected chi connectivity index (χ0v) is 24.5. The fraction of sp³-hybridized carbons (Fsp3) is 0.316. The Morgan fingerprint density at radius 1 is 0.619 bits per heavy atom. The molecular weight excluding hydrogens is 516 g/mol. The lowest BCUT2D eigenvalue weighted by molar-refractivity contribution is 0.111. The molecule has 0 aliphatic carbocycles. The first kappa shape index (κ1) is 28.0. The SMILES string of the molecule is CCCCCCCCCCC(Cc1cc(C=O)cc2c1[nH]c1ccccc12)c1cc(C=O)cc2c1[nH]c1ccccc12. The van der Waals surface area contributed by atoms with Crippen LogP contribution in [0.4, 0.5) is 0 Å². The summed E-state index contributed by atoms with van der Waals surface area (Å²) in [7, 11) is 0. The molecule has 4 aromatic carbocycles. The highest BCUT2D eigenvalue weighted by Crippen LogP contribution is 2.38. The zero-order valence-electron chi connectivity index (χ0n) is 24.5. The fourth-order valence-electron chi connectivity index (χ4n) is 6.83. The molecule has 1 atom stereocenters. The number of para-hydroxylation sites is 2. The summed E-state index contributed by atoms with van der Waals surface area (Å²) < 4.78 is 0. The van der Waals surface area contributed by atoms with Crippen molar-refractivity contribution in [2.45, 2.75) is 77.0 Å². The lowest BCUT2D eigenvalue weighted by atomic mass is 9.84. The number of aromatic amines is 2. The third-order valence-electron chi connectivity index (χ3n) is 8.97. The van der Waals surface area contributed by atoms with Crippen LogP contribution in [0.1, 0.15) is 102 Å². The van der Waals surface area contributed by atoms with Crippen LogP contribution in [0.5, 0.6) is 0 Å². The van der Waals surface area contributed by atoms with Crippen LogP contribution in [-0.2, 0) is 6.42 Å². The Balaban J connectivity index is 1.40. The van der Waals surface area contributed by atoms with E-state index in [0.29, 0.717) is 11.1 Å². The highest BCUT2D eigenvalue weighted by molar-refractivity contribution is 6.11. The molecule has 0 amide bonds. The molecule has 0 aliphatic heterocycles. The van der Waals surface area contributed by atoms with Gasteiger partial charge in [0.2, 0.25) is 0 Å². The first-order valence-electron chi connectivity index (χ1n) is 15.7. The Hall–Kier alpha value is -4.18. The summed E-state index contributed by atoms with van der Waals surface area (Å²) in [6, 6.07) is 24.8. The topological polar surface area (TPSA) is 65.7 Å². The Labute approximate surface area is 247 Å². The Morgan fingerprint density at radius 3 is 1.81 bits per heavy atom. The monoisotopic (exact) mass is 556 g/mol. The normalized spacial score (nSPS) is 12.5. The molecule has 42 heavy (non-hydrogen) atoms. The predicted molar refractivity (Wildman–Crippen MR) is 176 cm³/mol. The van der Waals surface area contributed by atoms with Gasteiger partial charge in [-0.1, -0.05) is 94.7 Å². The van der Waals surface area contributed by atoms with Crippen LogP contribution in [0.15, 0.2) is 72.8 Å². The molecule has 6 rings (SSSR count). The third kappa shape index (κ3) is 5.63. The van der Waals surface area contributed by atoms with E-state index in [1.54, 1.807) is 0 Å². The minimum atomic E-state index is 0.192. The smallest absolute Gasteiger partial charge is 0.150 e. The molecule has 0 aliphatic rings. The molecule has 2 N–H and O–H groups in total. The molecule has 0 saturated carbocycles. The summed E-state index contributed by atoms with van der Waals surface area (Å²) >= 11 is 0. The van der Waals surface area contributed by atoms with Gasteiger partial charge in [-0.25, -0.2) is 0 Å². The highest BCUT2D eigenvalue weighted by Gasteiger charge is 2.21. The number of benzene rings is 4.